The van der Waals surface area contributed by atoms with Gasteiger partial charge in [0.15, 0.2) is 5.78 Å². The van der Waals surface area contributed by atoms with Gasteiger partial charge in [0, 0.05) is 36.2 Å². The Hall–Kier alpha value is -1.55. The number of hydrogen-bond acceptors (Lipinski definition) is 4. The fourth-order valence-corrected chi connectivity index (χ4v) is 2.55. The van der Waals surface area contributed by atoms with Crippen LogP contribution in [-0.2, 0) is 4.74 Å². The Bertz CT molecular complexity index is 453. The zero-order valence-corrected chi connectivity index (χ0v) is 11.6. The average molecular weight is 262 g/mol. The van der Waals surface area contributed by atoms with Crippen LogP contribution in [0.25, 0.3) is 0 Å². The molecule has 0 bridgehead atoms. The van der Waals surface area contributed by atoms with E-state index in [2.05, 4.69) is 12.2 Å². The highest BCUT2D eigenvalue weighted by Gasteiger charge is 2.20. The van der Waals surface area contributed by atoms with Crippen LogP contribution in [0, 0.1) is 5.92 Å². The second-order valence-corrected chi connectivity index (χ2v) is 5.24. The molecule has 3 N–H and O–H groups in total. The van der Waals surface area contributed by atoms with Gasteiger partial charge in [0.1, 0.15) is 0 Å². The monoisotopic (exact) mass is 262 g/mol. The molecule has 4 heteroatoms. The van der Waals surface area contributed by atoms with E-state index >= 15 is 0 Å². The van der Waals surface area contributed by atoms with Crippen LogP contribution in [0.5, 0.6) is 0 Å². The zero-order chi connectivity index (χ0) is 13.8. The number of carbonyl (C=O) groups excluding carboxylic acids is 1. The van der Waals surface area contributed by atoms with Gasteiger partial charge in [-0.1, -0.05) is 0 Å². The average Bonchev–Trinajstić information content (AvgIpc) is 2.41. The van der Waals surface area contributed by atoms with Crippen molar-refractivity contribution < 1.29 is 9.53 Å². The van der Waals surface area contributed by atoms with E-state index in [1.54, 1.807) is 6.07 Å². The van der Waals surface area contributed by atoms with Gasteiger partial charge in [-0.2, -0.15) is 0 Å². The summed E-state index contributed by atoms with van der Waals surface area (Å²) in [4.78, 5) is 11.5. The first kappa shape index (κ1) is 13.9. The van der Waals surface area contributed by atoms with Crippen molar-refractivity contribution in [3.8, 4) is 0 Å². The smallest absolute Gasteiger partial charge is 0.161 e. The summed E-state index contributed by atoms with van der Waals surface area (Å²) in [5.74, 6) is 0.618. The molecule has 0 aliphatic carbocycles. The molecular weight excluding hydrogens is 240 g/mol. The minimum atomic E-state index is -0.000121. The third-order valence-electron chi connectivity index (χ3n) is 3.80. The fourth-order valence-electron chi connectivity index (χ4n) is 2.55. The summed E-state index contributed by atoms with van der Waals surface area (Å²) < 4.78 is 5.38. The quantitative estimate of drug-likeness (QED) is 0.647. The number of nitrogens with one attached hydrogen (secondary N) is 1. The Morgan fingerprint density at radius 3 is 2.74 bits per heavy atom. The van der Waals surface area contributed by atoms with E-state index < -0.39 is 0 Å². The van der Waals surface area contributed by atoms with Gasteiger partial charge in [-0.05, 0) is 50.8 Å². The minimum absolute atomic E-state index is 0.000121. The van der Waals surface area contributed by atoms with E-state index in [-0.39, 0.29) is 5.78 Å². The van der Waals surface area contributed by atoms with Gasteiger partial charge in [0.05, 0.1) is 0 Å². The summed E-state index contributed by atoms with van der Waals surface area (Å²) in [7, 11) is 0. The van der Waals surface area contributed by atoms with Crippen LogP contribution in [-0.4, -0.2) is 25.0 Å². The lowest BCUT2D eigenvalue weighted by Gasteiger charge is -2.29. The van der Waals surface area contributed by atoms with Crippen LogP contribution in [0.1, 0.15) is 37.0 Å². The van der Waals surface area contributed by atoms with Crippen LogP contribution in [0.2, 0.25) is 0 Å². The molecular formula is C15H22N2O2. The molecule has 1 unspecified atom stereocenters. The molecule has 1 aromatic rings. The fraction of sp³-hybridized carbons (Fsp3) is 0.533. The number of anilines is 2. The molecule has 2 rings (SSSR count). The van der Waals surface area contributed by atoms with Crippen molar-refractivity contribution in [2.24, 2.45) is 5.92 Å². The summed E-state index contributed by atoms with van der Waals surface area (Å²) in [6.07, 6.45) is 2.17. The molecule has 1 aliphatic heterocycles. The number of carbonyl (C=O) groups is 1. The van der Waals surface area contributed by atoms with Gasteiger partial charge in [-0.15, -0.1) is 0 Å². The molecule has 1 atom stereocenters. The molecule has 1 saturated heterocycles. The van der Waals surface area contributed by atoms with Crippen molar-refractivity contribution in [3.63, 3.8) is 0 Å². The lowest BCUT2D eigenvalue weighted by atomic mass is 9.92. The second kappa shape index (κ2) is 6.06. The van der Waals surface area contributed by atoms with Gasteiger partial charge in [0.2, 0.25) is 0 Å². The van der Waals surface area contributed by atoms with Crippen molar-refractivity contribution in [2.75, 3.05) is 24.3 Å². The molecule has 0 spiro atoms. The summed E-state index contributed by atoms with van der Waals surface area (Å²) >= 11 is 0. The number of ether oxygens (including phenoxy) is 1. The Balaban J connectivity index is 2.05. The van der Waals surface area contributed by atoms with Crippen LogP contribution in [0.3, 0.4) is 0 Å². The molecule has 0 amide bonds. The van der Waals surface area contributed by atoms with Crippen molar-refractivity contribution in [1.82, 2.24) is 0 Å². The number of rotatable bonds is 4. The number of Topliss-reactive ketones (excluding diaryl/α,β-unsaturated/α-hetero) is 1. The van der Waals surface area contributed by atoms with Crippen molar-refractivity contribution in [2.45, 2.75) is 32.7 Å². The lowest BCUT2D eigenvalue weighted by molar-refractivity contribution is 0.0622. The summed E-state index contributed by atoms with van der Waals surface area (Å²) in [5.41, 5.74) is 7.88. The number of ketones is 1. The maximum absolute atomic E-state index is 11.5. The molecule has 1 fully saturated rings. The van der Waals surface area contributed by atoms with Crippen LogP contribution < -0.4 is 11.1 Å². The highest BCUT2D eigenvalue weighted by Crippen LogP contribution is 2.24. The number of hydrogen-bond donors (Lipinski definition) is 2. The molecule has 1 aliphatic rings. The maximum Gasteiger partial charge on any atom is 0.161 e. The van der Waals surface area contributed by atoms with E-state index in [0.29, 0.717) is 23.2 Å². The van der Waals surface area contributed by atoms with E-state index in [9.17, 15) is 4.79 Å². The Morgan fingerprint density at radius 1 is 1.42 bits per heavy atom. The number of nitrogens with two attached hydrogens (primary N) is 1. The molecule has 1 aromatic carbocycles. The second-order valence-electron chi connectivity index (χ2n) is 5.24. The topological polar surface area (TPSA) is 64.3 Å². The predicted octanol–water partition coefficient (Wildman–Crippen LogP) is 2.70. The first-order chi connectivity index (χ1) is 9.08. The van der Waals surface area contributed by atoms with Gasteiger partial charge in [-0.25, -0.2) is 0 Å². The molecule has 1 heterocycles. The molecule has 0 radical (unpaired) electrons. The predicted molar refractivity (Wildman–Crippen MR) is 77.5 cm³/mol. The third kappa shape index (κ3) is 3.47. The van der Waals surface area contributed by atoms with Gasteiger partial charge >= 0.3 is 0 Å². The zero-order valence-electron chi connectivity index (χ0n) is 11.6. The molecule has 0 aromatic heterocycles. The molecule has 19 heavy (non-hydrogen) atoms. The van der Waals surface area contributed by atoms with Crippen molar-refractivity contribution in [1.29, 1.82) is 0 Å². The molecule has 0 saturated carbocycles. The van der Waals surface area contributed by atoms with Crippen molar-refractivity contribution in [3.05, 3.63) is 23.8 Å². The molecule has 4 nitrogen and oxygen atoms in total. The van der Waals surface area contributed by atoms with Gasteiger partial charge in [-0.3, -0.25) is 4.79 Å². The van der Waals surface area contributed by atoms with Crippen molar-refractivity contribution >= 4 is 17.2 Å². The Labute approximate surface area is 114 Å². The van der Waals surface area contributed by atoms with Gasteiger partial charge in [0.25, 0.3) is 0 Å². The summed E-state index contributed by atoms with van der Waals surface area (Å²) in [5, 5.41) is 3.47. The van der Waals surface area contributed by atoms with Crippen LogP contribution >= 0.6 is 0 Å². The van der Waals surface area contributed by atoms with Crippen LogP contribution in [0.15, 0.2) is 18.2 Å². The van der Waals surface area contributed by atoms with E-state index in [1.165, 1.54) is 6.92 Å². The highest BCUT2D eigenvalue weighted by atomic mass is 16.5. The maximum atomic E-state index is 11.5. The standard InChI is InChI=1S/C15H22N2O2/c1-10(12-5-7-19-8-6-12)17-13-3-4-15(16)14(9-13)11(2)18/h3-4,9-10,12,17H,5-8,16H2,1-2H3. The first-order valence-corrected chi connectivity index (χ1v) is 6.82. The third-order valence-corrected chi connectivity index (χ3v) is 3.80. The summed E-state index contributed by atoms with van der Waals surface area (Å²) in [6.45, 7) is 5.41. The normalized spacial score (nSPS) is 18.0. The number of nitrogen functional groups attached to an aromatic ring is 1. The first-order valence-electron chi connectivity index (χ1n) is 6.82. The van der Waals surface area contributed by atoms with Gasteiger partial charge < -0.3 is 15.8 Å². The largest absolute Gasteiger partial charge is 0.398 e. The summed E-state index contributed by atoms with van der Waals surface area (Å²) in [6, 6.07) is 5.92. The highest BCUT2D eigenvalue weighted by molar-refractivity contribution is 6.00. The molecule has 104 valence electrons. The van der Waals surface area contributed by atoms with E-state index in [4.69, 9.17) is 10.5 Å². The van der Waals surface area contributed by atoms with E-state index in [0.717, 1.165) is 31.7 Å². The SMILES string of the molecule is CC(=O)c1cc(NC(C)C2CCOCC2)ccc1N. The Morgan fingerprint density at radius 2 is 2.11 bits per heavy atom. The van der Waals surface area contributed by atoms with Crippen LogP contribution in [0.4, 0.5) is 11.4 Å². The minimum Gasteiger partial charge on any atom is -0.398 e. The Kier molecular flexibility index (Phi) is 4.43. The number of benzene rings is 1. The lowest BCUT2D eigenvalue weighted by Crippen LogP contribution is -2.31. The van der Waals surface area contributed by atoms with E-state index in [1.807, 2.05) is 12.1 Å².